The lowest BCUT2D eigenvalue weighted by atomic mass is 10.1. The summed E-state index contributed by atoms with van der Waals surface area (Å²) in [6.07, 6.45) is 1.78. The summed E-state index contributed by atoms with van der Waals surface area (Å²) in [5, 5.41) is 21.3. The molecule has 1 rings (SSSR count). The Morgan fingerprint density at radius 1 is 1.62 bits per heavy atom. The van der Waals surface area contributed by atoms with Crippen molar-refractivity contribution in [2.24, 2.45) is 0 Å². The van der Waals surface area contributed by atoms with Gasteiger partial charge >= 0.3 is 0 Å². The van der Waals surface area contributed by atoms with Gasteiger partial charge in [0.05, 0.1) is 12.7 Å². The van der Waals surface area contributed by atoms with Crippen LogP contribution < -0.4 is 5.32 Å². The highest BCUT2D eigenvalue weighted by molar-refractivity contribution is 4.77. The van der Waals surface area contributed by atoms with Crippen molar-refractivity contribution in [2.75, 3.05) is 33.3 Å². The van der Waals surface area contributed by atoms with E-state index in [2.05, 4.69) is 10.2 Å². The molecule has 0 amide bonds. The summed E-state index contributed by atoms with van der Waals surface area (Å²) in [4.78, 5) is 2.12. The van der Waals surface area contributed by atoms with E-state index in [4.69, 9.17) is 5.11 Å². The Hall–Kier alpha value is -0.160. The van der Waals surface area contributed by atoms with Crippen LogP contribution in [0.2, 0.25) is 0 Å². The number of nitrogens with one attached hydrogen (secondary N) is 1. The van der Waals surface area contributed by atoms with Gasteiger partial charge < -0.3 is 15.5 Å². The molecular weight excluding hydrogens is 168 g/mol. The molecule has 4 heteroatoms. The van der Waals surface area contributed by atoms with E-state index in [1.807, 2.05) is 7.05 Å². The first-order chi connectivity index (χ1) is 6.24. The van der Waals surface area contributed by atoms with E-state index < -0.39 is 6.10 Å². The molecule has 1 aliphatic heterocycles. The van der Waals surface area contributed by atoms with Crippen molar-refractivity contribution in [2.45, 2.75) is 25.0 Å². The first kappa shape index (κ1) is 10.9. The first-order valence-electron chi connectivity index (χ1n) is 4.94. The molecule has 1 aliphatic rings. The standard InChI is InChI=1S/C9H20N2O2/c1-11(6-9(13)7-12)8-3-2-4-10-5-8/h8-10,12-13H,2-7H2,1H3. The summed E-state index contributed by atoms with van der Waals surface area (Å²) in [5.74, 6) is 0. The predicted molar refractivity (Wildman–Crippen MR) is 51.6 cm³/mol. The second-order valence-electron chi connectivity index (χ2n) is 3.78. The average molecular weight is 188 g/mol. The Bertz CT molecular complexity index is 138. The fraction of sp³-hybridized carbons (Fsp3) is 1.00. The second kappa shape index (κ2) is 5.54. The van der Waals surface area contributed by atoms with Gasteiger partial charge in [0.2, 0.25) is 0 Å². The minimum atomic E-state index is -0.605. The molecule has 4 nitrogen and oxygen atoms in total. The summed E-state index contributed by atoms with van der Waals surface area (Å²) in [6.45, 7) is 2.51. The first-order valence-corrected chi connectivity index (χ1v) is 4.94. The molecule has 3 N–H and O–H groups in total. The summed E-state index contributed by atoms with van der Waals surface area (Å²) >= 11 is 0. The summed E-state index contributed by atoms with van der Waals surface area (Å²) in [7, 11) is 2.00. The van der Waals surface area contributed by atoms with Gasteiger partial charge in [0.25, 0.3) is 0 Å². The largest absolute Gasteiger partial charge is 0.394 e. The minimum Gasteiger partial charge on any atom is -0.394 e. The molecule has 0 spiro atoms. The fourth-order valence-electron chi connectivity index (χ4n) is 1.75. The fourth-order valence-corrected chi connectivity index (χ4v) is 1.75. The lowest BCUT2D eigenvalue weighted by molar-refractivity contribution is 0.0505. The van der Waals surface area contributed by atoms with Gasteiger partial charge in [-0.1, -0.05) is 0 Å². The maximum absolute atomic E-state index is 9.25. The van der Waals surface area contributed by atoms with E-state index in [-0.39, 0.29) is 6.61 Å². The molecule has 0 aromatic heterocycles. The lowest BCUT2D eigenvalue weighted by Crippen LogP contribution is -2.47. The highest BCUT2D eigenvalue weighted by Crippen LogP contribution is 2.08. The molecule has 1 fully saturated rings. The molecule has 0 aliphatic carbocycles. The van der Waals surface area contributed by atoms with Crippen LogP contribution in [0.5, 0.6) is 0 Å². The average Bonchev–Trinajstić information content (AvgIpc) is 2.19. The van der Waals surface area contributed by atoms with E-state index in [9.17, 15) is 5.11 Å². The van der Waals surface area contributed by atoms with Crippen LogP contribution in [0.1, 0.15) is 12.8 Å². The number of hydrogen-bond donors (Lipinski definition) is 3. The van der Waals surface area contributed by atoms with Crippen LogP contribution in [-0.2, 0) is 0 Å². The molecule has 0 aromatic rings. The zero-order valence-electron chi connectivity index (χ0n) is 8.24. The van der Waals surface area contributed by atoms with Crippen molar-refractivity contribution in [3.05, 3.63) is 0 Å². The van der Waals surface area contributed by atoms with Crippen molar-refractivity contribution in [3.63, 3.8) is 0 Å². The molecule has 0 saturated carbocycles. The van der Waals surface area contributed by atoms with Crippen molar-refractivity contribution in [1.29, 1.82) is 0 Å². The van der Waals surface area contributed by atoms with Crippen LogP contribution in [0.3, 0.4) is 0 Å². The van der Waals surface area contributed by atoms with Crippen LogP contribution in [-0.4, -0.2) is 60.5 Å². The zero-order valence-corrected chi connectivity index (χ0v) is 8.24. The Morgan fingerprint density at radius 2 is 2.38 bits per heavy atom. The van der Waals surface area contributed by atoms with Gasteiger partial charge in [-0.05, 0) is 26.4 Å². The molecule has 1 saturated heterocycles. The van der Waals surface area contributed by atoms with E-state index in [1.54, 1.807) is 0 Å². The summed E-state index contributed by atoms with van der Waals surface area (Å²) in [6, 6.07) is 0.509. The molecule has 0 aromatic carbocycles. The highest BCUT2D eigenvalue weighted by Gasteiger charge is 2.19. The third-order valence-corrected chi connectivity index (χ3v) is 2.60. The normalized spacial score (nSPS) is 26.3. The molecular formula is C9H20N2O2. The lowest BCUT2D eigenvalue weighted by Gasteiger charge is -2.32. The van der Waals surface area contributed by atoms with Gasteiger partial charge in [-0.25, -0.2) is 0 Å². The van der Waals surface area contributed by atoms with E-state index in [1.165, 1.54) is 12.8 Å². The topological polar surface area (TPSA) is 55.7 Å². The Balaban J connectivity index is 2.24. The van der Waals surface area contributed by atoms with Crippen molar-refractivity contribution in [3.8, 4) is 0 Å². The maximum atomic E-state index is 9.25. The van der Waals surface area contributed by atoms with Crippen LogP contribution in [0.25, 0.3) is 0 Å². The number of likely N-dealkylation sites (N-methyl/N-ethyl adjacent to an activating group) is 1. The third kappa shape index (κ3) is 3.60. The van der Waals surface area contributed by atoms with Crippen LogP contribution in [0, 0.1) is 0 Å². The van der Waals surface area contributed by atoms with E-state index in [0.717, 1.165) is 13.1 Å². The molecule has 1 heterocycles. The number of hydrogen-bond acceptors (Lipinski definition) is 4. The SMILES string of the molecule is CN(CC(O)CO)C1CCCNC1. The van der Waals surface area contributed by atoms with Crippen LogP contribution in [0.15, 0.2) is 0 Å². The van der Waals surface area contributed by atoms with E-state index in [0.29, 0.717) is 12.6 Å². The van der Waals surface area contributed by atoms with Gasteiger partial charge in [0.1, 0.15) is 0 Å². The van der Waals surface area contributed by atoms with Crippen LogP contribution >= 0.6 is 0 Å². The van der Waals surface area contributed by atoms with Crippen molar-refractivity contribution >= 4 is 0 Å². The second-order valence-corrected chi connectivity index (χ2v) is 3.78. The molecule has 2 atom stereocenters. The number of aliphatic hydroxyl groups excluding tert-OH is 2. The van der Waals surface area contributed by atoms with Gasteiger partial charge in [-0.15, -0.1) is 0 Å². The van der Waals surface area contributed by atoms with Gasteiger partial charge in [0.15, 0.2) is 0 Å². The van der Waals surface area contributed by atoms with Gasteiger partial charge in [-0.2, -0.15) is 0 Å². The monoisotopic (exact) mass is 188 g/mol. The van der Waals surface area contributed by atoms with Crippen molar-refractivity contribution < 1.29 is 10.2 Å². The Kier molecular flexibility index (Phi) is 4.66. The quantitative estimate of drug-likeness (QED) is 0.531. The maximum Gasteiger partial charge on any atom is 0.0897 e. The number of piperidine rings is 1. The number of aliphatic hydroxyl groups is 2. The molecule has 2 unspecified atom stereocenters. The third-order valence-electron chi connectivity index (χ3n) is 2.60. The molecule has 78 valence electrons. The minimum absolute atomic E-state index is 0.148. The molecule has 0 radical (unpaired) electrons. The predicted octanol–water partition coefficient (Wildman–Crippen LogP) is -0.977. The van der Waals surface area contributed by atoms with Crippen molar-refractivity contribution in [1.82, 2.24) is 10.2 Å². The molecule has 0 bridgehead atoms. The smallest absolute Gasteiger partial charge is 0.0897 e. The Morgan fingerprint density at radius 3 is 2.92 bits per heavy atom. The zero-order chi connectivity index (χ0) is 9.68. The van der Waals surface area contributed by atoms with Gasteiger partial charge in [-0.3, -0.25) is 4.90 Å². The number of rotatable bonds is 4. The number of nitrogens with zero attached hydrogens (tertiary/aromatic N) is 1. The highest BCUT2D eigenvalue weighted by atomic mass is 16.3. The summed E-state index contributed by atoms with van der Waals surface area (Å²) in [5.41, 5.74) is 0. The van der Waals surface area contributed by atoms with Crippen LogP contribution in [0.4, 0.5) is 0 Å². The summed E-state index contributed by atoms with van der Waals surface area (Å²) < 4.78 is 0. The Labute approximate surface area is 79.6 Å². The molecule has 13 heavy (non-hydrogen) atoms. The van der Waals surface area contributed by atoms with Gasteiger partial charge in [0, 0.05) is 19.1 Å². The van der Waals surface area contributed by atoms with E-state index >= 15 is 0 Å².